The van der Waals surface area contributed by atoms with Gasteiger partial charge >= 0.3 is 6.09 Å². The molecule has 1 aromatic rings. The van der Waals surface area contributed by atoms with Gasteiger partial charge in [0.1, 0.15) is 0 Å². The van der Waals surface area contributed by atoms with Crippen LogP contribution in [-0.2, 0) is 4.74 Å². The molecule has 1 N–H and O–H groups in total. The first kappa shape index (κ1) is 12.0. The summed E-state index contributed by atoms with van der Waals surface area (Å²) in [5.41, 5.74) is 1.78. The minimum atomic E-state index is -0.401. The van der Waals surface area contributed by atoms with E-state index < -0.39 is 6.09 Å². The molecule has 0 saturated heterocycles. The van der Waals surface area contributed by atoms with Gasteiger partial charge in [-0.05, 0) is 37.1 Å². The third-order valence-corrected chi connectivity index (χ3v) is 2.36. The van der Waals surface area contributed by atoms with Crippen LogP contribution < -0.4 is 5.32 Å². The third kappa shape index (κ3) is 3.91. The first-order chi connectivity index (χ1) is 7.13. The first-order valence-corrected chi connectivity index (χ1v) is 5.62. The van der Waals surface area contributed by atoms with Crippen LogP contribution in [0.25, 0.3) is 0 Å². The van der Waals surface area contributed by atoms with Gasteiger partial charge in [-0.1, -0.05) is 22.9 Å². The summed E-state index contributed by atoms with van der Waals surface area (Å²) in [5, 5.41) is 2.69. The maximum absolute atomic E-state index is 11.3. The largest absolute Gasteiger partial charge is 0.449 e. The Hall–Kier alpha value is -1.03. The molecule has 0 aliphatic carbocycles. The lowest BCUT2D eigenvalue weighted by Crippen LogP contribution is -2.14. The van der Waals surface area contributed by atoms with Crippen molar-refractivity contribution in [2.75, 3.05) is 11.9 Å². The number of halogens is 1. The second kappa shape index (κ2) is 5.75. The van der Waals surface area contributed by atoms with Crippen molar-refractivity contribution >= 4 is 27.7 Å². The molecule has 0 aliphatic rings. The van der Waals surface area contributed by atoms with Crippen LogP contribution in [0.15, 0.2) is 22.7 Å². The number of hydrogen-bond donors (Lipinski definition) is 1. The van der Waals surface area contributed by atoms with Crippen molar-refractivity contribution in [3.05, 3.63) is 28.2 Å². The number of benzene rings is 1. The monoisotopic (exact) mass is 271 g/mol. The predicted molar refractivity (Wildman–Crippen MR) is 64.1 cm³/mol. The fraction of sp³-hybridized carbons (Fsp3) is 0.364. The molecular formula is C11H14BrNO2. The Kier molecular flexibility index (Phi) is 4.62. The number of anilines is 1. The zero-order valence-electron chi connectivity index (χ0n) is 8.84. The lowest BCUT2D eigenvalue weighted by atomic mass is 10.2. The highest BCUT2D eigenvalue weighted by molar-refractivity contribution is 9.10. The Morgan fingerprint density at radius 2 is 2.27 bits per heavy atom. The van der Waals surface area contributed by atoms with Crippen LogP contribution >= 0.6 is 15.9 Å². The van der Waals surface area contributed by atoms with Gasteiger partial charge in [-0.3, -0.25) is 5.32 Å². The number of hydrogen-bond acceptors (Lipinski definition) is 2. The van der Waals surface area contributed by atoms with Gasteiger partial charge in [0.05, 0.1) is 6.61 Å². The van der Waals surface area contributed by atoms with Crippen molar-refractivity contribution in [2.45, 2.75) is 20.3 Å². The molecule has 0 aromatic heterocycles. The molecule has 1 amide bonds. The molecule has 3 nitrogen and oxygen atoms in total. The van der Waals surface area contributed by atoms with E-state index in [1.165, 1.54) is 0 Å². The van der Waals surface area contributed by atoms with Crippen LogP contribution in [0.3, 0.4) is 0 Å². The molecule has 0 radical (unpaired) electrons. The van der Waals surface area contributed by atoms with Gasteiger partial charge in [0.2, 0.25) is 0 Å². The molecule has 1 rings (SSSR count). The molecule has 82 valence electrons. The van der Waals surface area contributed by atoms with Crippen molar-refractivity contribution < 1.29 is 9.53 Å². The van der Waals surface area contributed by atoms with Crippen molar-refractivity contribution in [3.63, 3.8) is 0 Å². The number of amides is 1. The standard InChI is InChI=1S/C11H14BrNO2/c1-3-6-15-11(14)13-10-5-4-9(12)7-8(10)2/h4-5,7H,3,6H2,1-2H3,(H,13,14). The normalized spacial score (nSPS) is 9.80. The molecule has 0 unspecified atom stereocenters. The van der Waals surface area contributed by atoms with Gasteiger partial charge in [-0.25, -0.2) is 4.79 Å². The second-order valence-electron chi connectivity index (χ2n) is 3.22. The lowest BCUT2D eigenvalue weighted by Gasteiger charge is -2.08. The third-order valence-electron chi connectivity index (χ3n) is 1.86. The Morgan fingerprint density at radius 1 is 1.53 bits per heavy atom. The summed E-state index contributed by atoms with van der Waals surface area (Å²) < 4.78 is 5.91. The molecular weight excluding hydrogens is 258 g/mol. The first-order valence-electron chi connectivity index (χ1n) is 4.83. The van der Waals surface area contributed by atoms with Crippen LogP contribution in [0, 0.1) is 6.92 Å². The van der Waals surface area contributed by atoms with E-state index in [-0.39, 0.29) is 0 Å². The summed E-state index contributed by atoms with van der Waals surface area (Å²) in [7, 11) is 0. The highest BCUT2D eigenvalue weighted by Crippen LogP contribution is 2.19. The van der Waals surface area contributed by atoms with Crippen molar-refractivity contribution in [1.82, 2.24) is 0 Å². The van der Waals surface area contributed by atoms with Crippen LogP contribution in [0.2, 0.25) is 0 Å². The molecule has 15 heavy (non-hydrogen) atoms. The van der Waals surface area contributed by atoms with Gasteiger partial charge in [0.15, 0.2) is 0 Å². The highest BCUT2D eigenvalue weighted by atomic mass is 79.9. The fourth-order valence-corrected chi connectivity index (χ4v) is 1.58. The maximum atomic E-state index is 11.3. The molecule has 0 bridgehead atoms. The molecule has 0 saturated carbocycles. The summed E-state index contributed by atoms with van der Waals surface area (Å²) in [5.74, 6) is 0. The van der Waals surface area contributed by atoms with Crippen molar-refractivity contribution in [1.29, 1.82) is 0 Å². The van der Waals surface area contributed by atoms with E-state index >= 15 is 0 Å². The summed E-state index contributed by atoms with van der Waals surface area (Å²) in [6.07, 6.45) is 0.425. The van der Waals surface area contributed by atoms with Crippen LogP contribution in [0.1, 0.15) is 18.9 Å². The summed E-state index contributed by atoms with van der Waals surface area (Å²) in [6, 6.07) is 5.66. The number of ether oxygens (including phenoxy) is 1. The van der Waals surface area contributed by atoms with Gasteiger partial charge in [-0.15, -0.1) is 0 Å². The second-order valence-corrected chi connectivity index (χ2v) is 4.14. The highest BCUT2D eigenvalue weighted by Gasteiger charge is 2.04. The number of carbonyl (C=O) groups is 1. The fourth-order valence-electron chi connectivity index (χ4n) is 1.11. The Balaban J connectivity index is 2.60. The average Bonchev–Trinajstić information content (AvgIpc) is 2.19. The summed E-state index contributed by atoms with van der Waals surface area (Å²) in [6.45, 7) is 4.33. The minimum Gasteiger partial charge on any atom is -0.449 e. The zero-order chi connectivity index (χ0) is 11.3. The van der Waals surface area contributed by atoms with E-state index in [0.717, 1.165) is 22.1 Å². The quantitative estimate of drug-likeness (QED) is 0.910. The lowest BCUT2D eigenvalue weighted by molar-refractivity contribution is 0.161. The molecule has 0 heterocycles. The Bertz CT molecular complexity index is 352. The molecule has 4 heteroatoms. The molecule has 0 aliphatic heterocycles. The zero-order valence-corrected chi connectivity index (χ0v) is 10.4. The van der Waals surface area contributed by atoms with Gasteiger partial charge < -0.3 is 4.74 Å². The van der Waals surface area contributed by atoms with E-state index in [1.54, 1.807) is 0 Å². The summed E-state index contributed by atoms with van der Waals surface area (Å²) in [4.78, 5) is 11.3. The van der Waals surface area contributed by atoms with E-state index in [0.29, 0.717) is 6.61 Å². The average molecular weight is 272 g/mol. The number of carbonyl (C=O) groups excluding carboxylic acids is 1. The Labute approximate surface area is 97.9 Å². The van der Waals surface area contributed by atoms with Crippen molar-refractivity contribution in [2.24, 2.45) is 0 Å². The summed E-state index contributed by atoms with van der Waals surface area (Å²) >= 11 is 3.36. The van der Waals surface area contributed by atoms with Gasteiger partial charge in [0.25, 0.3) is 0 Å². The van der Waals surface area contributed by atoms with Crippen LogP contribution in [0.4, 0.5) is 10.5 Å². The predicted octanol–water partition coefficient (Wildman–Crippen LogP) is 3.72. The van der Waals surface area contributed by atoms with Gasteiger partial charge in [0, 0.05) is 10.2 Å². The molecule has 0 atom stereocenters. The van der Waals surface area contributed by atoms with E-state index in [1.807, 2.05) is 32.0 Å². The SMILES string of the molecule is CCCOC(=O)Nc1ccc(Br)cc1C. The molecule has 0 spiro atoms. The minimum absolute atomic E-state index is 0.401. The van der Waals surface area contributed by atoms with Gasteiger partial charge in [-0.2, -0.15) is 0 Å². The van der Waals surface area contributed by atoms with E-state index in [9.17, 15) is 4.79 Å². The number of aryl methyl sites for hydroxylation is 1. The molecule has 1 aromatic carbocycles. The van der Waals surface area contributed by atoms with Crippen LogP contribution in [0.5, 0.6) is 0 Å². The van der Waals surface area contributed by atoms with E-state index in [4.69, 9.17) is 4.74 Å². The smallest absolute Gasteiger partial charge is 0.411 e. The van der Waals surface area contributed by atoms with Crippen LogP contribution in [-0.4, -0.2) is 12.7 Å². The maximum Gasteiger partial charge on any atom is 0.411 e. The van der Waals surface area contributed by atoms with E-state index in [2.05, 4.69) is 21.2 Å². The van der Waals surface area contributed by atoms with Crippen molar-refractivity contribution in [3.8, 4) is 0 Å². The Morgan fingerprint density at radius 3 is 2.87 bits per heavy atom. The number of rotatable bonds is 3. The number of nitrogens with one attached hydrogen (secondary N) is 1. The topological polar surface area (TPSA) is 38.3 Å². The molecule has 0 fully saturated rings.